The molecule has 0 fully saturated rings. The Bertz CT molecular complexity index is 469. The lowest BCUT2D eigenvalue weighted by molar-refractivity contribution is -0.132. The van der Waals surface area contributed by atoms with E-state index in [0.29, 0.717) is 11.1 Å². The van der Waals surface area contributed by atoms with Crippen molar-refractivity contribution in [3.63, 3.8) is 0 Å². The first kappa shape index (κ1) is 10.8. The zero-order valence-electron chi connectivity index (χ0n) is 8.06. The summed E-state index contributed by atoms with van der Waals surface area (Å²) in [6.45, 7) is 1.69. The van der Waals surface area contributed by atoms with Gasteiger partial charge < -0.3 is 10.2 Å². The third kappa shape index (κ3) is 2.58. The van der Waals surface area contributed by atoms with Crippen molar-refractivity contribution in [2.75, 3.05) is 0 Å². The molecular weight excluding hydrogens is 194 g/mol. The van der Waals surface area contributed by atoms with Gasteiger partial charge in [-0.1, -0.05) is 6.07 Å². The topological polar surface area (TPSA) is 81.3 Å². The van der Waals surface area contributed by atoms with Gasteiger partial charge in [-0.15, -0.1) is 0 Å². The van der Waals surface area contributed by atoms with Crippen LogP contribution >= 0.6 is 0 Å². The standard InChI is InChI=1S/C11H9NO3/c1-7-4-8(2-3-10(7)13)5-9(6-12)11(14)15/h2-5,13H,1H3,(H,14,15). The normalized spacial score (nSPS) is 10.8. The van der Waals surface area contributed by atoms with Crippen LogP contribution in [0.15, 0.2) is 23.8 Å². The summed E-state index contributed by atoms with van der Waals surface area (Å²) in [7, 11) is 0. The van der Waals surface area contributed by atoms with Crippen LogP contribution in [-0.2, 0) is 4.79 Å². The minimum atomic E-state index is -1.26. The first-order chi connectivity index (χ1) is 7.04. The van der Waals surface area contributed by atoms with Gasteiger partial charge in [-0.05, 0) is 36.3 Å². The summed E-state index contributed by atoms with van der Waals surface area (Å²) in [5, 5.41) is 26.4. The molecule has 2 N–H and O–H groups in total. The van der Waals surface area contributed by atoms with Gasteiger partial charge in [-0.3, -0.25) is 0 Å². The number of carboxylic acids is 1. The molecule has 0 aliphatic heterocycles. The Hall–Kier alpha value is -2.28. The maximum Gasteiger partial charge on any atom is 0.346 e. The van der Waals surface area contributed by atoms with E-state index in [1.165, 1.54) is 12.1 Å². The van der Waals surface area contributed by atoms with Crippen molar-refractivity contribution in [1.82, 2.24) is 0 Å². The molecule has 76 valence electrons. The lowest BCUT2D eigenvalue weighted by Gasteiger charge is -1.99. The molecule has 0 aliphatic rings. The molecule has 0 saturated carbocycles. The van der Waals surface area contributed by atoms with E-state index in [1.807, 2.05) is 0 Å². The number of aryl methyl sites for hydroxylation is 1. The van der Waals surface area contributed by atoms with Gasteiger partial charge >= 0.3 is 5.97 Å². The highest BCUT2D eigenvalue weighted by molar-refractivity contribution is 5.96. The number of carboxylic acid groups (broad SMARTS) is 1. The zero-order chi connectivity index (χ0) is 11.4. The Morgan fingerprint density at radius 3 is 2.67 bits per heavy atom. The number of nitriles is 1. The van der Waals surface area contributed by atoms with E-state index in [1.54, 1.807) is 25.1 Å². The molecule has 0 unspecified atom stereocenters. The highest BCUT2D eigenvalue weighted by Gasteiger charge is 2.05. The van der Waals surface area contributed by atoms with Crippen molar-refractivity contribution < 1.29 is 15.0 Å². The van der Waals surface area contributed by atoms with Crippen molar-refractivity contribution in [1.29, 1.82) is 5.26 Å². The van der Waals surface area contributed by atoms with Crippen LogP contribution in [0.1, 0.15) is 11.1 Å². The van der Waals surface area contributed by atoms with Crippen molar-refractivity contribution in [2.24, 2.45) is 0 Å². The number of aromatic hydroxyl groups is 1. The number of phenolic OH excluding ortho intramolecular Hbond substituents is 1. The smallest absolute Gasteiger partial charge is 0.346 e. The minimum absolute atomic E-state index is 0.140. The number of hydrogen-bond donors (Lipinski definition) is 2. The van der Waals surface area contributed by atoms with Crippen LogP contribution in [0.3, 0.4) is 0 Å². The van der Waals surface area contributed by atoms with E-state index in [9.17, 15) is 9.90 Å². The van der Waals surface area contributed by atoms with Crippen LogP contribution in [0.4, 0.5) is 0 Å². The minimum Gasteiger partial charge on any atom is -0.508 e. The van der Waals surface area contributed by atoms with Crippen LogP contribution in [0, 0.1) is 18.3 Å². The number of nitrogens with zero attached hydrogens (tertiary/aromatic N) is 1. The number of phenols is 1. The predicted molar refractivity (Wildman–Crippen MR) is 54.1 cm³/mol. The summed E-state index contributed by atoms with van der Waals surface area (Å²) in [4.78, 5) is 10.5. The first-order valence-corrected chi connectivity index (χ1v) is 4.19. The second kappa shape index (κ2) is 4.29. The average molecular weight is 203 g/mol. The maximum atomic E-state index is 10.5. The highest BCUT2D eigenvalue weighted by Crippen LogP contribution is 2.18. The number of hydrogen-bond acceptors (Lipinski definition) is 3. The van der Waals surface area contributed by atoms with Gasteiger partial charge in [0.1, 0.15) is 17.4 Å². The quantitative estimate of drug-likeness (QED) is 0.566. The molecule has 4 nitrogen and oxygen atoms in total. The molecule has 1 rings (SSSR count). The van der Waals surface area contributed by atoms with Crippen molar-refractivity contribution in [3.05, 3.63) is 34.9 Å². The molecule has 0 atom stereocenters. The SMILES string of the molecule is Cc1cc(C=C(C#N)C(=O)O)ccc1O. The fourth-order valence-corrected chi connectivity index (χ4v) is 1.08. The molecular formula is C11H9NO3. The molecule has 0 aromatic heterocycles. The molecule has 0 saturated heterocycles. The lowest BCUT2D eigenvalue weighted by atomic mass is 10.1. The molecule has 0 bridgehead atoms. The number of aliphatic carboxylic acids is 1. The van der Waals surface area contributed by atoms with Crippen LogP contribution in [0.2, 0.25) is 0 Å². The van der Waals surface area contributed by atoms with Crippen molar-refractivity contribution in [3.8, 4) is 11.8 Å². The predicted octanol–water partition coefficient (Wildman–Crippen LogP) is 1.69. The Morgan fingerprint density at radius 2 is 2.20 bits per heavy atom. The van der Waals surface area contributed by atoms with Gasteiger partial charge in [0, 0.05) is 0 Å². The van der Waals surface area contributed by atoms with Crippen LogP contribution in [0.25, 0.3) is 6.08 Å². The van der Waals surface area contributed by atoms with Gasteiger partial charge in [-0.2, -0.15) is 5.26 Å². The highest BCUT2D eigenvalue weighted by atomic mass is 16.4. The van der Waals surface area contributed by atoms with Crippen molar-refractivity contribution in [2.45, 2.75) is 6.92 Å². The van der Waals surface area contributed by atoms with Gasteiger partial charge in [0.15, 0.2) is 0 Å². The molecule has 1 aromatic rings. The maximum absolute atomic E-state index is 10.5. The first-order valence-electron chi connectivity index (χ1n) is 4.19. The molecule has 15 heavy (non-hydrogen) atoms. The van der Waals surface area contributed by atoms with Crippen LogP contribution < -0.4 is 0 Å². The molecule has 4 heteroatoms. The number of benzene rings is 1. The fraction of sp³-hybridized carbons (Fsp3) is 0.0909. The Balaban J connectivity index is 3.14. The second-order valence-corrected chi connectivity index (χ2v) is 3.02. The monoisotopic (exact) mass is 203 g/mol. The van der Waals surface area contributed by atoms with E-state index in [0.717, 1.165) is 0 Å². The number of rotatable bonds is 2. The number of carbonyl (C=O) groups is 1. The zero-order valence-corrected chi connectivity index (χ0v) is 8.06. The lowest BCUT2D eigenvalue weighted by Crippen LogP contribution is -1.97. The van der Waals surface area contributed by atoms with Gasteiger partial charge in [-0.25, -0.2) is 4.79 Å². The van der Waals surface area contributed by atoms with Gasteiger partial charge in [0.25, 0.3) is 0 Å². The average Bonchev–Trinajstić information content (AvgIpc) is 2.19. The van der Waals surface area contributed by atoms with Crippen LogP contribution in [0.5, 0.6) is 5.75 Å². The third-order valence-corrected chi connectivity index (χ3v) is 1.88. The molecule has 0 amide bonds. The molecule has 0 heterocycles. The Labute approximate surface area is 86.7 Å². The summed E-state index contributed by atoms with van der Waals surface area (Å²) in [6.07, 6.45) is 1.26. The van der Waals surface area contributed by atoms with Gasteiger partial charge in [0.05, 0.1) is 0 Å². The fourth-order valence-electron chi connectivity index (χ4n) is 1.08. The molecule has 0 aliphatic carbocycles. The summed E-state index contributed by atoms with van der Waals surface area (Å²) in [5.41, 5.74) is 0.871. The van der Waals surface area contributed by atoms with E-state index in [2.05, 4.69) is 0 Å². The van der Waals surface area contributed by atoms with Crippen molar-refractivity contribution >= 4 is 12.0 Å². The Kier molecular flexibility index (Phi) is 3.09. The summed E-state index contributed by atoms with van der Waals surface area (Å²) in [5.74, 6) is -1.12. The molecule has 0 radical (unpaired) electrons. The summed E-state index contributed by atoms with van der Waals surface area (Å²) in [6, 6.07) is 6.19. The summed E-state index contributed by atoms with van der Waals surface area (Å²) < 4.78 is 0. The summed E-state index contributed by atoms with van der Waals surface area (Å²) >= 11 is 0. The van der Waals surface area contributed by atoms with E-state index in [-0.39, 0.29) is 11.3 Å². The van der Waals surface area contributed by atoms with E-state index >= 15 is 0 Å². The third-order valence-electron chi connectivity index (χ3n) is 1.88. The second-order valence-electron chi connectivity index (χ2n) is 3.02. The van der Waals surface area contributed by atoms with E-state index in [4.69, 9.17) is 10.4 Å². The largest absolute Gasteiger partial charge is 0.508 e. The van der Waals surface area contributed by atoms with E-state index < -0.39 is 5.97 Å². The van der Waals surface area contributed by atoms with Gasteiger partial charge in [0.2, 0.25) is 0 Å². The molecule has 0 spiro atoms. The molecule has 1 aromatic carbocycles. The Morgan fingerprint density at radius 1 is 1.53 bits per heavy atom. The van der Waals surface area contributed by atoms with Crippen LogP contribution in [-0.4, -0.2) is 16.2 Å².